The molecule has 0 amide bonds. The van der Waals surface area contributed by atoms with Crippen LogP contribution in [-0.2, 0) is 0 Å². The van der Waals surface area contributed by atoms with E-state index in [1.54, 1.807) is 6.20 Å². The van der Waals surface area contributed by atoms with Gasteiger partial charge in [-0.1, -0.05) is 13.0 Å². The van der Waals surface area contributed by atoms with Crippen molar-refractivity contribution in [2.75, 3.05) is 6.54 Å². The van der Waals surface area contributed by atoms with Crippen molar-refractivity contribution in [2.24, 2.45) is 4.99 Å². The number of halogens is 1. The first-order valence-electron chi connectivity index (χ1n) is 6.99. The average molecular weight is 333 g/mol. The summed E-state index contributed by atoms with van der Waals surface area (Å²) in [6.07, 6.45) is 8.18. The number of H-pyrrole nitrogens is 1. The van der Waals surface area contributed by atoms with Crippen LogP contribution in [0.1, 0.15) is 38.3 Å². The van der Waals surface area contributed by atoms with Crippen LogP contribution < -0.4 is 0 Å². The van der Waals surface area contributed by atoms with Crippen LogP contribution in [0.3, 0.4) is 0 Å². The molecule has 104 valence electrons. The first-order valence-corrected chi connectivity index (χ1v) is 7.78. The molecule has 0 unspecified atom stereocenters. The summed E-state index contributed by atoms with van der Waals surface area (Å²) in [7, 11) is 0. The van der Waals surface area contributed by atoms with Gasteiger partial charge in [0.2, 0.25) is 0 Å². The predicted octanol–water partition coefficient (Wildman–Crippen LogP) is 4.14. The highest BCUT2D eigenvalue weighted by Crippen LogP contribution is 2.27. The number of nitrogens with zero attached hydrogens (tertiary/aromatic N) is 3. The second-order valence-electron chi connectivity index (χ2n) is 4.99. The minimum atomic E-state index is 0.766. The lowest BCUT2D eigenvalue weighted by atomic mass is 9.95. The highest BCUT2D eigenvalue weighted by atomic mass is 79.9. The Bertz CT molecular complexity index is 684. The van der Waals surface area contributed by atoms with Crippen LogP contribution in [0.4, 0.5) is 0 Å². The molecule has 4 nitrogen and oxygen atoms in total. The van der Waals surface area contributed by atoms with Crippen LogP contribution in [0.25, 0.3) is 16.7 Å². The van der Waals surface area contributed by atoms with Crippen LogP contribution >= 0.6 is 15.9 Å². The van der Waals surface area contributed by atoms with Crippen LogP contribution in [-0.4, -0.2) is 27.2 Å². The zero-order chi connectivity index (χ0) is 13.9. The number of nitrogens with one attached hydrogen (secondary N) is 1. The molecular formula is C15H17BrN4. The number of aromatic amines is 1. The Hall–Kier alpha value is -1.49. The molecule has 1 aliphatic carbocycles. The number of allylic oxidation sites excluding steroid dienone is 2. The molecule has 0 saturated carbocycles. The molecule has 0 aliphatic heterocycles. The van der Waals surface area contributed by atoms with Gasteiger partial charge in [0.1, 0.15) is 10.1 Å². The molecule has 2 aromatic rings. The highest BCUT2D eigenvalue weighted by molar-refractivity contribution is 9.10. The van der Waals surface area contributed by atoms with Crippen LogP contribution in [0.5, 0.6) is 0 Å². The molecule has 0 fully saturated rings. The van der Waals surface area contributed by atoms with Gasteiger partial charge in [-0.15, -0.1) is 0 Å². The van der Waals surface area contributed by atoms with E-state index in [1.165, 1.54) is 11.3 Å². The second kappa shape index (κ2) is 5.87. The quantitative estimate of drug-likeness (QED) is 0.918. The summed E-state index contributed by atoms with van der Waals surface area (Å²) in [5.41, 5.74) is 5.55. The molecule has 2 heterocycles. The Labute approximate surface area is 126 Å². The zero-order valence-electron chi connectivity index (χ0n) is 11.5. The fourth-order valence-electron chi connectivity index (χ4n) is 2.43. The molecule has 1 aliphatic rings. The maximum absolute atomic E-state index is 4.62. The molecule has 0 radical (unpaired) electrons. The van der Waals surface area contributed by atoms with E-state index < -0.39 is 0 Å². The van der Waals surface area contributed by atoms with Crippen molar-refractivity contribution in [3.05, 3.63) is 28.6 Å². The van der Waals surface area contributed by atoms with Gasteiger partial charge < -0.3 is 4.98 Å². The van der Waals surface area contributed by atoms with Gasteiger partial charge in [0.05, 0.1) is 6.20 Å². The standard InChI is InChI=1S/C15H17BrN4/c1-2-7-17-11-5-3-10(4-6-11)12-8-13-15(20-12)18-9-14(16)19-13/h3,8-9H,2,4-7H2,1H3,(H,18,20). The lowest BCUT2D eigenvalue weighted by Gasteiger charge is -2.13. The molecule has 2 aromatic heterocycles. The molecular weight excluding hydrogens is 316 g/mol. The molecule has 0 bridgehead atoms. The zero-order valence-corrected chi connectivity index (χ0v) is 13.1. The van der Waals surface area contributed by atoms with Crippen LogP contribution in [0, 0.1) is 0 Å². The number of hydrogen-bond acceptors (Lipinski definition) is 3. The molecule has 20 heavy (non-hydrogen) atoms. The van der Waals surface area contributed by atoms with E-state index in [-0.39, 0.29) is 0 Å². The molecule has 0 atom stereocenters. The van der Waals surface area contributed by atoms with Gasteiger partial charge in [-0.05, 0) is 46.8 Å². The van der Waals surface area contributed by atoms with E-state index in [9.17, 15) is 0 Å². The van der Waals surface area contributed by atoms with Gasteiger partial charge >= 0.3 is 0 Å². The fourth-order valence-corrected chi connectivity index (χ4v) is 2.73. The monoisotopic (exact) mass is 332 g/mol. The van der Waals surface area contributed by atoms with E-state index >= 15 is 0 Å². The SMILES string of the molecule is CCCN=C1CC=C(c2cc3nc(Br)cnc3[nH]2)CC1. The Kier molecular flexibility index (Phi) is 3.96. The molecule has 5 heteroatoms. The van der Waals surface area contributed by atoms with Crippen molar-refractivity contribution >= 4 is 38.4 Å². The van der Waals surface area contributed by atoms with Crippen LogP contribution in [0.2, 0.25) is 0 Å². The average Bonchev–Trinajstić information content (AvgIpc) is 2.88. The molecule has 3 rings (SSSR count). The molecule has 0 spiro atoms. The van der Waals surface area contributed by atoms with Crippen molar-refractivity contribution < 1.29 is 0 Å². The summed E-state index contributed by atoms with van der Waals surface area (Å²) < 4.78 is 0.766. The Morgan fingerprint density at radius 1 is 1.40 bits per heavy atom. The third-order valence-electron chi connectivity index (χ3n) is 3.48. The first-order chi connectivity index (χ1) is 9.76. The number of fused-ring (bicyclic) bond motifs is 1. The van der Waals surface area contributed by atoms with Gasteiger partial charge in [-0.3, -0.25) is 4.99 Å². The van der Waals surface area contributed by atoms with Gasteiger partial charge in [0, 0.05) is 24.4 Å². The number of aromatic nitrogens is 3. The Morgan fingerprint density at radius 2 is 2.30 bits per heavy atom. The highest BCUT2D eigenvalue weighted by Gasteiger charge is 2.13. The van der Waals surface area contributed by atoms with Crippen molar-refractivity contribution in [1.29, 1.82) is 0 Å². The van der Waals surface area contributed by atoms with Gasteiger partial charge in [-0.2, -0.15) is 0 Å². The van der Waals surface area contributed by atoms with Crippen molar-refractivity contribution in [1.82, 2.24) is 15.0 Å². The summed E-state index contributed by atoms with van der Waals surface area (Å²) in [5.74, 6) is 0. The second-order valence-corrected chi connectivity index (χ2v) is 5.80. The smallest absolute Gasteiger partial charge is 0.156 e. The minimum absolute atomic E-state index is 0.766. The number of aliphatic imine (C=N–C) groups is 1. The van der Waals surface area contributed by atoms with Crippen LogP contribution in [0.15, 0.2) is 27.9 Å². The summed E-state index contributed by atoms with van der Waals surface area (Å²) in [5, 5.41) is 0. The van der Waals surface area contributed by atoms with Crippen molar-refractivity contribution in [3.63, 3.8) is 0 Å². The summed E-state index contributed by atoms with van der Waals surface area (Å²) >= 11 is 3.35. The third kappa shape index (κ3) is 2.82. The van der Waals surface area contributed by atoms with E-state index in [0.29, 0.717) is 0 Å². The molecule has 0 aromatic carbocycles. The number of hydrogen-bond donors (Lipinski definition) is 1. The molecule has 1 N–H and O–H groups in total. The normalized spacial score (nSPS) is 17.7. The summed E-state index contributed by atoms with van der Waals surface area (Å²) in [6, 6.07) is 2.08. The lowest BCUT2D eigenvalue weighted by Crippen LogP contribution is -2.05. The largest absolute Gasteiger partial charge is 0.338 e. The van der Waals surface area contributed by atoms with Gasteiger partial charge in [0.25, 0.3) is 0 Å². The predicted molar refractivity (Wildman–Crippen MR) is 86.0 cm³/mol. The topological polar surface area (TPSA) is 53.9 Å². The van der Waals surface area contributed by atoms with Gasteiger partial charge in [0.15, 0.2) is 5.65 Å². The fraction of sp³-hybridized carbons (Fsp3) is 0.400. The van der Waals surface area contributed by atoms with E-state index in [4.69, 9.17) is 0 Å². The van der Waals surface area contributed by atoms with Gasteiger partial charge in [-0.25, -0.2) is 9.97 Å². The molecule has 0 saturated heterocycles. The third-order valence-corrected chi connectivity index (χ3v) is 3.86. The lowest BCUT2D eigenvalue weighted by molar-refractivity contribution is 0.909. The number of rotatable bonds is 3. The van der Waals surface area contributed by atoms with Crippen molar-refractivity contribution in [3.8, 4) is 0 Å². The van der Waals surface area contributed by atoms with E-state index in [2.05, 4.69) is 54.9 Å². The van der Waals surface area contributed by atoms with E-state index in [1.807, 2.05) is 0 Å². The maximum Gasteiger partial charge on any atom is 0.156 e. The van der Waals surface area contributed by atoms with Crippen molar-refractivity contribution in [2.45, 2.75) is 32.6 Å². The maximum atomic E-state index is 4.62. The summed E-state index contributed by atoms with van der Waals surface area (Å²) in [6.45, 7) is 3.11. The summed E-state index contributed by atoms with van der Waals surface area (Å²) in [4.78, 5) is 16.7. The first kappa shape index (κ1) is 13.5. The minimum Gasteiger partial charge on any atom is -0.338 e. The Balaban J connectivity index is 1.83. The van der Waals surface area contributed by atoms with E-state index in [0.717, 1.165) is 53.7 Å². The Morgan fingerprint density at radius 3 is 3.05 bits per heavy atom.